The number of carbonyl (C=O) groups excluding carboxylic acids is 1. The fraction of sp³-hybridized carbons (Fsp3) is 0.562. The molecule has 0 saturated carbocycles. The number of carbonyl (C=O) groups is 1. The van der Waals surface area contributed by atoms with Crippen molar-refractivity contribution in [1.82, 2.24) is 4.90 Å². The van der Waals surface area contributed by atoms with Crippen molar-refractivity contribution in [3.8, 4) is 0 Å². The molecule has 19 heavy (non-hydrogen) atoms. The molecule has 1 aromatic carbocycles. The number of nitrogens with two attached hydrogens (primary N) is 1. The van der Waals surface area contributed by atoms with Crippen molar-refractivity contribution in [3.63, 3.8) is 0 Å². The Balaban J connectivity index is 2.78. The van der Waals surface area contributed by atoms with Gasteiger partial charge in [-0.15, -0.1) is 0 Å². The van der Waals surface area contributed by atoms with Crippen LogP contribution in [0.3, 0.4) is 0 Å². The van der Waals surface area contributed by atoms with E-state index in [2.05, 4.69) is 20.8 Å². The Kier molecular flexibility index (Phi) is 5.12. The van der Waals surface area contributed by atoms with Gasteiger partial charge in [-0.25, -0.2) is 0 Å². The zero-order valence-electron chi connectivity index (χ0n) is 12.7. The highest BCUT2D eigenvalue weighted by molar-refractivity contribution is 5.94. The van der Waals surface area contributed by atoms with Gasteiger partial charge < -0.3 is 10.6 Å². The fourth-order valence-electron chi connectivity index (χ4n) is 1.96. The summed E-state index contributed by atoms with van der Waals surface area (Å²) < 4.78 is 0. The molecule has 0 radical (unpaired) electrons. The van der Waals surface area contributed by atoms with Crippen LogP contribution in [-0.2, 0) is 5.41 Å². The molecule has 0 aromatic heterocycles. The van der Waals surface area contributed by atoms with E-state index in [4.69, 9.17) is 5.73 Å². The number of hydrogen-bond acceptors (Lipinski definition) is 2. The van der Waals surface area contributed by atoms with Gasteiger partial charge in [0.1, 0.15) is 0 Å². The van der Waals surface area contributed by atoms with Crippen molar-refractivity contribution in [3.05, 3.63) is 35.4 Å². The summed E-state index contributed by atoms with van der Waals surface area (Å²) in [6, 6.07) is 7.89. The van der Waals surface area contributed by atoms with Gasteiger partial charge in [-0.2, -0.15) is 0 Å². The predicted molar refractivity (Wildman–Crippen MR) is 80.3 cm³/mol. The first-order valence-corrected chi connectivity index (χ1v) is 6.81. The van der Waals surface area contributed by atoms with Crippen LogP contribution in [0, 0.1) is 5.92 Å². The molecule has 1 unspecified atom stereocenters. The average molecular weight is 262 g/mol. The molecule has 2 N–H and O–H groups in total. The van der Waals surface area contributed by atoms with Gasteiger partial charge in [0, 0.05) is 19.2 Å². The first-order valence-electron chi connectivity index (χ1n) is 6.81. The quantitative estimate of drug-likeness (QED) is 0.906. The van der Waals surface area contributed by atoms with Gasteiger partial charge in [0.15, 0.2) is 0 Å². The van der Waals surface area contributed by atoms with E-state index in [1.807, 2.05) is 38.2 Å². The molecule has 0 fully saturated rings. The first-order chi connectivity index (χ1) is 8.75. The van der Waals surface area contributed by atoms with Gasteiger partial charge in [-0.05, 0) is 35.6 Å². The molecule has 0 bridgehead atoms. The highest BCUT2D eigenvalue weighted by Gasteiger charge is 2.16. The van der Waals surface area contributed by atoms with Gasteiger partial charge in [0.2, 0.25) is 0 Å². The molecule has 1 rings (SSSR count). The Labute approximate surface area is 116 Å². The maximum absolute atomic E-state index is 12.2. The van der Waals surface area contributed by atoms with Gasteiger partial charge >= 0.3 is 0 Å². The normalized spacial score (nSPS) is 13.2. The minimum absolute atomic E-state index is 0.0563. The summed E-state index contributed by atoms with van der Waals surface area (Å²) in [5.41, 5.74) is 7.68. The lowest BCUT2D eigenvalue weighted by Gasteiger charge is -2.22. The third-order valence-corrected chi connectivity index (χ3v) is 3.33. The SMILES string of the molecule is CC(CN)CN(C)C(=O)c1ccc(C(C)(C)C)cc1. The van der Waals surface area contributed by atoms with E-state index in [0.29, 0.717) is 19.0 Å². The number of hydrogen-bond donors (Lipinski definition) is 1. The van der Waals surface area contributed by atoms with E-state index >= 15 is 0 Å². The van der Waals surface area contributed by atoms with Crippen molar-refractivity contribution in [2.75, 3.05) is 20.1 Å². The lowest BCUT2D eigenvalue weighted by Crippen LogP contribution is -2.33. The van der Waals surface area contributed by atoms with Crippen LogP contribution in [-0.4, -0.2) is 30.9 Å². The van der Waals surface area contributed by atoms with Crippen molar-refractivity contribution < 1.29 is 4.79 Å². The maximum atomic E-state index is 12.2. The largest absolute Gasteiger partial charge is 0.341 e. The summed E-state index contributed by atoms with van der Waals surface area (Å²) in [6.45, 7) is 9.83. The van der Waals surface area contributed by atoms with Crippen molar-refractivity contribution >= 4 is 5.91 Å². The lowest BCUT2D eigenvalue weighted by molar-refractivity contribution is 0.0777. The van der Waals surface area contributed by atoms with Gasteiger partial charge in [-0.1, -0.05) is 39.8 Å². The third-order valence-electron chi connectivity index (χ3n) is 3.33. The Morgan fingerprint density at radius 3 is 2.21 bits per heavy atom. The van der Waals surface area contributed by atoms with Crippen LogP contribution in [0.15, 0.2) is 24.3 Å². The minimum Gasteiger partial charge on any atom is -0.341 e. The zero-order valence-corrected chi connectivity index (χ0v) is 12.7. The van der Waals surface area contributed by atoms with Gasteiger partial charge in [-0.3, -0.25) is 4.79 Å². The van der Waals surface area contributed by atoms with E-state index in [9.17, 15) is 4.79 Å². The second-order valence-electron chi connectivity index (χ2n) is 6.35. The Morgan fingerprint density at radius 2 is 1.79 bits per heavy atom. The number of nitrogens with zero attached hydrogens (tertiary/aromatic N) is 1. The monoisotopic (exact) mass is 262 g/mol. The average Bonchev–Trinajstić information content (AvgIpc) is 2.36. The number of rotatable bonds is 4. The molecule has 1 aromatic rings. The van der Waals surface area contributed by atoms with Crippen molar-refractivity contribution in [1.29, 1.82) is 0 Å². The van der Waals surface area contributed by atoms with E-state index in [1.54, 1.807) is 4.90 Å². The molecule has 1 atom stereocenters. The summed E-state index contributed by atoms with van der Waals surface area (Å²) in [6.07, 6.45) is 0. The van der Waals surface area contributed by atoms with E-state index < -0.39 is 0 Å². The highest BCUT2D eigenvalue weighted by atomic mass is 16.2. The molecule has 0 saturated heterocycles. The molecule has 3 heteroatoms. The van der Waals surface area contributed by atoms with Crippen LogP contribution in [0.4, 0.5) is 0 Å². The maximum Gasteiger partial charge on any atom is 0.253 e. The van der Waals surface area contributed by atoms with Crippen LogP contribution >= 0.6 is 0 Å². The zero-order chi connectivity index (χ0) is 14.6. The topological polar surface area (TPSA) is 46.3 Å². The summed E-state index contributed by atoms with van der Waals surface area (Å²) in [7, 11) is 1.83. The second kappa shape index (κ2) is 6.20. The molecule has 0 aliphatic rings. The summed E-state index contributed by atoms with van der Waals surface area (Å²) in [4.78, 5) is 14.0. The second-order valence-corrected chi connectivity index (χ2v) is 6.35. The van der Waals surface area contributed by atoms with E-state index in [-0.39, 0.29) is 11.3 Å². The summed E-state index contributed by atoms with van der Waals surface area (Å²) in [5, 5.41) is 0. The van der Waals surface area contributed by atoms with E-state index in [1.165, 1.54) is 5.56 Å². The summed E-state index contributed by atoms with van der Waals surface area (Å²) in [5.74, 6) is 0.378. The fourth-order valence-corrected chi connectivity index (χ4v) is 1.96. The van der Waals surface area contributed by atoms with Crippen LogP contribution in [0.1, 0.15) is 43.6 Å². The highest BCUT2D eigenvalue weighted by Crippen LogP contribution is 2.22. The molecule has 1 amide bonds. The number of amides is 1. The molecule has 3 nitrogen and oxygen atoms in total. The van der Waals surface area contributed by atoms with Crippen molar-refractivity contribution in [2.45, 2.75) is 33.1 Å². The Hall–Kier alpha value is -1.35. The van der Waals surface area contributed by atoms with Crippen molar-refractivity contribution in [2.24, 2.45) is 11.7 Å². The van der Waals surface area contributed by atoms with Crippen LogP contribution in [0.2, 0.25) is 0 Å². The van der Waals surface area contributed by atoms with Gasteiger partial charge in [0.05, 0.1) is 0 Å². The molecular formula is C16H26N2O. The Morgan fingerprint density at radius 1 is 1.26 bits per heavy atom. The molecule has 0 aliphatic carbocycles. The molecule has 0 heterocycles. The molecular weight excluding hydrogens is 236 g/mol. The van der Waals surface area contributed by atoms with E-state index in [0.717, 1.165) is 5.56 Å². The predicted octanol–water partition coefficient (Wildman–Crippen LogP) is 2.65. The van der Waals surface area contributed by atoms with Crippen LogP contribution in [0.25, 0.3) is 0 Å². The first kappa shape index (κ1) is 15.7. The molecule has 0 spiro atoms. The summed E-state index contributed by atoms with van der Waals surface area (Å²) >= 11 is 0. The minimum atomic E-state index is 0.0563. The Bertz CT molecular complexity index is 417. The standard InChI is InChI=1S/C16H26N2O/c1-12(10-17)11-18(5)15(19)13-6-8-14(9-7-13)16(2,3)4/h6-9,12H,10-11,17H2,1-5H3. The number of benzene rings is 1. The van der Waals surface area contributed by atoms with Crippen LogP contribution in [0.5, 0.6) is 0 Å². The molecule has 106 valence electrons. The van der Waals surface area contributed by atoms with Gasteiger partial charge in [0.25, 0.3) is 5.91 Å². The lowest BCUT2D eigenvalue weighted by atomic mass is 9.86. The molecule has 0 aliphatic heterocycles. The van der Waals surface area contributed by atoms with Crippen LogP contribution < -0.4 is 5.73 Å². The smallest absolute Gasteiger partial charge is 0.253 e. The third kappa shape index (κ3) is 4.35.